The van der Waals surface area contributed by atoms with Crippen molar-refractivity contribution in [2.75, 3.05) is 30.8 Å². The van der Waals surface area contributed by atoms with Crippen LogP contribution in [0.5, 0.6) is 11.5 Å². The smallest absolute Gasteiger partial charge is 0.243 e. The number of ether oxygens (including phenoxy) is 2. The third kappa shape index (κ3) is 9.24. The Morgan fingerprint density at radius 3 is 2.08 bits per heavy atom. The van der Waals surface area contributed by atoms with Crippen molar-refractivity contribution in [1.82, 2.24) is 10.2 Å². The summed E-state index contributed by atoms with van der Waals surface area (Å²) in [6, 6.07) is 13.5. The van der Waals surface area contributed by atoms with Gasteiger partial charge in [-0.2, -0.15) is 0 Å². The number of amides is 2. The van der Waals surface area contributed by atoms with Crippen LogP contribution in [0.2, 0.25) is 0 Å². The van der Waals surface area contributed by atoms with E-state index in [0.29, 0.717) is 36.6 Å². The molecule has 2 amide bonds. The third-order valence-electron chi connectivity index (χ3n) is 5.92. The van der Waals surface area contributed by atoms with E-state index in [1.165, 1.54) is 4.31 Å². The summed E-state index contributed by atoms with van der Waals surface area (Å²) in [7, 11) is -1.99. The lowest BCUT2D eigenvalue weighted by atomic mass is 10.1. The largest absolute Gasteiger partial charge is 0.497 e. The van der Waals surface area contributed by atoms with Crippen LogP contribution in [0.3, 0.4) is 0 Å². The van der Waals surface area contributed by atoms with Crippen LogP contribution in [0.25, 0.3) is 0 Å². The molecule has 0 aliphatic carbocycles. The Kier molecular flexibility index (Phi) is 11.9. The lowest BCUT2D eigenvalue weighted by molar-refractivity contribution is -0.141. The molecule has 0 fully saturated rings. The Hall–Kier alpha value is -3.27. The first kappa shape index (κ1) is 31.0. The number of sulfonamides is 1. The summed E-state index contributed by atoms with van der Waals surface area (Å²) in [6.07, 6.45) is 1.97. The number of nitrogens with zero attached hydrogens (tertiary/aromatic N) is 2. The molecule has 0 heterocycles. The minimum absolute atomic E-state index is 0.0630. The molecule has 1 atom stereocenters. The van der Waals surface area contributed by atoms with E-state index in [0.717, 1.165) is 11.8 Å². The molecule has 0 saturated carbocycles. The van der Waals surface area contributed by atoms with E-state index in [2.05, 4.69) is 5.32 Å². The first-order chi connectivity index (χ1) is 18.0. The summed E-state index contributed by atoms with van der Waals surface area (Å²) >= 11 is 0. The highest BCUT2D eigenvalue weighted by atomic mass is 32.2. The van der Waals surface area contributed by atoms with Gasteiger partial charge in [-0.1, -0.05) is 19.1 Å². The normalized spacial score (nSPS) is 12.1. The molecule has 0 aliphatic rings. The Morgan fingerprint density at radius 2 is 1.58 bits per heavy atom. The highest BCUT2D eigenvalue weighted by Gasteiger charge is 2.29. The molecule has 0 radical (unpaired) electrons. The molecule has 9 nitrogen and oxygen atoms in total. The average molecular weight is 548 g/mol. The maximum atomic E-state index is 13.5. The molecule has 1 unspecified atom stereocenters. The molecule has 0 spiro atoms. The van der Waals surface area contributed by atoms with Crippen LogP contribution in [-0.4, -0.2) is 63.7 Å². The quantitative estimate of drug-likeness (QED) is 0.362. The van der Waals surface area contributed by atoms with Crippen LogP contribution in [0, 0.1) is 0 Å². The van der Waals surface area contributed by atoms with Gasteiger partial charge in [-0.15, -0.1) is 0 Å². The highest BCUT2D eigenvalue weighted by Crippen LogP contribution is 2.23. The molecular formula is C28H41N3O6S. The molecule has 210 valence electrons. The molecule has 2 aromatic rings. The highest BCUT2D eigenvalue weighted by molar-refractivity contribution is 7.92. The summed E-state index contributed by atoms with van der Waals surface area (Å²) in [4.78, 5) is 28.0. The molecular weight excluding hydrogens is 506 g/mol. The zero-order valence-electron chi connectivity index (χ0n) is 23.3. The number of rotatable bonds is 15. The van der Waals surface area contributed by atoms with Gasteiger partial charge in [0.2, 0.25) is 21.8 Å². The number of hydrogen-bond donors (Lipinski definition) is 1. The first-order valence-corrected chi connectivity index (χ1v) is 14.8. The van der Waals surface area contributed by atoms with E-state index in [1.807, 2.05) is 52.0 Å². The second-order valence-corrected chi connectivity index (χ2v) is 11.2. The van der Waals surface area contributed by atoms with Crippen LogP contribution >= 0.6 is 0 Å². The molecule has 0 saturated heterocycles. The van der Waals surface area contributed by atoms with E-state index in [9.17, 15) is 18.0 Å². The van der Waals surface area contributed by atoms with Crippen LogP contribution in [0.15, 0.2) is 48.5 Å². The number of nitrogens with one attached hydrogen (secondary N) is 1. The number of methoxy groups -OCH3 is 1. The van der Waals surface area contributed by atoms with Gasteiger partial charge in [0.15, 0.2) is 0 Å². The van der Waals surface area contributed by atoms with Gasteiger partial charge >= 0.3 is 0 Å². The SMILES string of the molecule is CCOc1ccc(N(CCCC(=O)N(Cc2ccc(OC)cc2)C(CC)C(=O)NC(C)C)S(C)(=O)=O)cc1. The van der Waals surface area contributed by atoms with Crippen molar-refractivity contribution < 1.29 is 27.5 Å². The number of anilines is 1. The van der Waals surface area contributed by atoms with Crippen molar-refractivity contribution in [1.29, 1.82) is 0 Å². The van der Waals surface area contributed by atoms with Gasteiger partial charge in [-0.3, -0.25) is 13.9 Å². The summed E-state index contributed by atoms with van der Waals surface area (Å²) in [5.74, 6) is 0.925. The van der Waals surface area contributed by atoms with Crippen molar-refractivity contribution in [2.24, 2.45) is 0 Å². The Morgan fingerprint density at radius 1 is 0.974 bits per heavy atom. The zero-order valence-corrected chi connectivity index (χ0v) is 24.1. The maximum Gasteiger partial charge on any atom is 0.243 e. The minimum atomic E-state index is -3.57. The molecule has 38 heavy (non-hydrogen) atoms. The van der Waals surface area contributed by atoms with Crippen molar-refractivity contribution in [2.45, 2.75) is 65.6 Å². The topological polar surface area (TPSA) is 105 Å². The number of carbonyl (C=O) groups is 2. The van der Waals surface area contributed by atoms with Gasteiger partial charge in [-0.25, -0.2) is 8.42 Å². The fraction of sp³-hybridized carbons (Fsp3) is 0.500. The summed E-state index contributed by atoms with van der Waals surface area (Å²) in [6.45, 7) is 8.39. The van der Waals surface area contributed by atoms with Gasteiger partial charge in [-0.05, 0) is 75.6 Å². The summed E-state index contributed by atoms with van der Waals surface area (Å²) in [5, 5.41) is 2.91. The average Bonchev–Trinajstić information content (AvgIpc) is 2.86. The van der Waals surface area contributed by atoms with Crippen molar-refractivity contribution in [3.63, 3.8) is 0 Å². The van der Waals surface area contributed by atoms with E-state index in [1.54, 1.807) is 36.3 Å². The summed E-state index contributed by atoms with van der Waals surface area (Å²) in [5.41, 5.74) is 1.36. The Bertz CT molecular complexity index is 1130. The fourth-order valence-electron chi connectivity index (χ4n) is 4.11. The molecule has 0 aromatic heterocycles. The van der Waals surface area contributed by atoms with Gasteiger partial charge in [0.25, 0.3) is 0 Å². The van der Waals surface area contributed by atoms with Crippen LogP contribution in [0.1, 0.15) is 52.5 Å². The van der Waals surface area contributed by atoms with Crippen molar-refractivity contribution in [3.05, 3.63) is 54.1 Å². The second kappa shape index (κ2) is 14.6. The van der Waals surface area contributed by atoms with Crippen LogP contribution in [-0.2, 0) is 26.2 Å². The van der Waals surface area contributed by atoms with Crippen molar-refractivity contribution >= 4 is 27.5 Å². The maximum absolute atomic E-state index is 13.5. The van der Waals surface area contributed by atoms with E-state index < -0.39 is 16.1 Å². The molecule has 10 heteroatoms. The van der Waals surface area contributed by atoms with Gasteiger partial charge in [0.05, 0.1) is 25.7 Å². The molecule has 0 bridgehead atoms. The standard InChI is InChI=1S/C28H41N3O6S/c1-7-26(28(33)29-21(3)4)30(20-22-11-15-24(36-5)16-12-22)27(32)10-9-19-31(38(6,34)35)23-13-17-25(18-14-23)37-8-2/h11-18,21,26H,7-10,19-20H2,1-6H3,(H,29,33). The minimum Gasteiger partial charge on any atom is -0.497 e. The predicted molar refractivity (Wildman–Crippen MR) is 150 cm³/mol. The Labute approximate surface area is 227 Å². The van der Waals surface area contributed by atoms with Gasteiger partial charge in [0.1, 0.15) is 17.5 Å². The van der Waals surface area contributed by atoms with Gasteiger partial charge in [0, 0.05) is 25.6 Å². The number of hydrogen-bond acceptors (Lipinski definition) is 6. The monoisotopic (exact) mass is 547 g/mol. The van der Waals surface area contributed by atoms with Crippen molar-refractivity contribution in [3.8, 4) is 11.5 Å². The molecule has 1 N–H and O–H groups in total. The lowest BCUT2D eigenvalue weighted by Gasteiger charge is -2.31. The number of benzene rings is 2. The Balaban J connectivity index is 2.20. The third-order valence-corrected chi connectivity index (χ3v) is 7.11. The predicted octanol–water partition coefficient (Wildman–Crippen LogP) is 3.97. The molecule has 2 rings (SSSR count). The van der Waals surface area contributed by atoms with E-state index in [-0.39, 0.29) is 37.4 Å². The van der Waals surface area contributed by atoms with Crippen LogP contribution < -0.4 is 19.1 Å². The zero-order chi connectivity index (χ0) is 28.3. The second-order valence-electron chi connectivity index (χ2n) is 9.32. The molecule has 2 aromatic carbocycles. The number of carbonyl (C=O) groups excluding carboxylic acids is 2. The molecule has 0 aliphatic heterocycles. The lowest BCUT2D eigenvalue weighted by Crippen LogP contribution is -2.50. The first-order valence-electron chi connectivity index (χ1n) is 12.9. The van der Waals surface area contributed by atoms with E-state index >= 15 is 0 Å². The fourth-order valence-corrected chi connectivity index (χ4v) is 5.07. The van der Waals surface area contributed by atoms with E-state index in [4.69, 9.17) is 9.47 Å². The van der Waals surface area contributed by atoms with Gasteiger partial charge < -0.3 is 19.7 Å². The summed E-state index contributed by atoms with van der Waals surface area (Å²) < 4.78 is 37.0. The van der Waals surface area contributed by atoms with Crippen LogP contribution in [0.4, 0.5) is 5.69 Å².